The van der Waals surface area contributed by atoms with E-state index in [-0.39, 0.29) is 11.9 Å². The molecule has 1 unspecified atom stereocenters. The molecule has 0 spiro atoms. The number of allylic oxidation sites excluding steroid dienone is 2. The summed E-state index contributed by atoms with van der Waals surface area (Å²) in [5, 5.41) is 0. The van der Waals surface area contributed by atoms with Crippen LogP contribution in [-0.2, 0) is 4.79 Å². The van der Waals surface area contributed by atoms with Crippen LogP contribution in [0.2, 0.25) is 0 Å². The summed E-state index contributed by atoms with van der Waals surface area (Å²) in [7, 11) is 2.16. The van der Waals surface area contributed by atoms with Crippen molar-refractivity contribution in [3.63, 3.8) is 0 Å². The highest BCUT2D eigenvalue weighted by atomic mass is 16.2. The molecule has 31 heavy (non-hydrogen) atoms. The van der Waals surface area contributed by atoms with E-state index in [9.17, 15) is 4.79 Å². The van der Waals surface area contributed by atoms with Crippen LogP contribution in [0.15, 0.2) is 47.5 Å². The van der Waals surface area contributed by atoms with Crippen molar-refractivity contribution in [2.75, 3.05) is 20.1 Å². The van der Waals surface area contributed by atoms with Crippen molar-refractivity contribution in [2.45, 2.75) is 53.5 Å². The zero-order valence-corrected chi connectivity index (χ0v) is 19.7. The van der Waals surface area contributed by atoms with E-state index < -0.39 is 0 Å². The molecule has 4 rings (SSSR count). The van der Waals surface area contributed by atoms with E-state index in [1.54, 1.807) is 6.08 Å². The van der Waals surface area contributed by atoms with Crippen molar-refractivity contribution in [1.82, 2.24) is 19.2 Å². The van der Waals surface area contributed by atoms with E-state index in [4.69, 9.17) is 0 Å². The van der Waals surface area contributed by atoms with E-state index >= 15 is 0 Å². The molecular formula is C25H35N5O. The Morgan fingerprint density at radius 1 is 1.16 bits per heavy atom. The second-order valence-corrected chi connectivity index (χ2v) is 8.29. The van der Waals surface area contributed by atoms with Gasteiger partial charge in [-0.05, 0) is 77.0 Å². The molecule has 0 saturated carbocycles. The lowest BCUT2D eigenvalue weighted by molar-refractivity contribution is -0.124. The van der Waals surface area contributed by atoms with Crippen molar-refractivity contribution in [2.24, 2.45) is 10.9 Å². The number of likely N-dealkylation sites (tertiary alicyclic amines) is 1. The van der Waals surface area contributed by atoms with Crippen molar-refractivity contribution >= 4 is 23.3 Å². The van der Waals surface area contributed by atoms with Gasteiger partial charge in [0.25, 0.3) is 5.91 Å². The zero-order valence-electron chi connectivity index (χ0n) is 19.7. The molecule has 0 aromatic carbocycles. The number of carbonyl (C=O) groups excluding carboxylic acids is 1. The molecule has 1 atom stereocenters. The van der Waals surface area contributed by atoms with Crippen molar-refractivity contribution in [1.29, 1.82) is 0 Å². The predicted molar refractivity (Wildman–Crippen MR) is 128 cm³/mol. The molecule has 2 aromatic heterocycles. The lowest BCUT2D eigenvalue weighted by Crippen LogP contribution is -2.38. The molecule has 0 radical (unpaired) electrons. The highest BCUT2D eigenvalue weighted by molar-refractivity contribution is 5.97. The first-order valence-electron chi connectivity index (χ1n) is 11.3. The number of aliphatic imine (C=N–C) groups is 1. The average Bonchev–Trinajstić information content (AvgIpc) is 3.15. The fourth-order valence-corrected chi connectivity index (χ4v) is 4.03. The molecule has 6 heteroatoms. The first-order valence-corrected chi connectivity index (χ1v) is 11.3. The summed E-state index contributed by atoms with van der Waals surface area (Å²) >= 11 is 0. The number of piperidine rings is 1. The second kappa shape index (κ2) is 10.1. The molecule has 166 valence electrons. The van der Waals surface area contributed by atoms with Gasteiger partial charge in [-0.1, -0.05) is 13.8 Å². The van der Waals surface area contributed by atoms with Gasteiger partial charge < -0.3 is 14.2 Å². The standard InChI is InChI=1S/C23H29N5O.C2H6/c1-16(20-5-6-22-25-17(2)13-27(22)14-20)11-23(29)28-15-21(24-12-18(28)3)19-7-9-26(4)10-8-19;1-2/h5-6,11-15,18-19H,7-10H2,1-4H3;1-2H3/b16-11+;. The van der Waals surface area contributed by atoms with Crippen LogP contribution in [0.25, 0.3) is 11.2 Å². The lowest BCUT2D eigenvalue weighted by atomic mass is 9.93. The molecule has 2 aliphatic rings. The maximum atomic E-state index is 13.1. The van der Waals surface area contributed by atoms with Crippen LogP contribution in [-0.4, -0.2) is 57.5 Å². The number of pyridine rings is 1. The van der Waals surface area contributed by atoms with E-state index in [1.807, 2.05) is 80.9 Å². The van der Waals surface area contributed by atoms with Crippen LogP contribution < -0.4 is 0 Å². The summed E-state index contributed by atoms with van der Waals surface area (Å²) in [5.41, 5.74) is 4.88. The van der Waals surface area contributed by atoms with Crippen LogP contribution in [0, 0.1) is 12.8 Å². The number of nitrogens with zero attached hydrogens (tertiary/aromatic N) is 5. The zero-order chi connectivity index (χ0) is 22.5. The molecule has 1 fully saturated rings. The summed E-state index contributed by atoms with van der Waals surface area (Å²) < 4.78 is 2.00. The Morgan fingerprint density at radius 3 is 2.58 bits per heavy atom. The number of fused-ring (bicyclic) bond motifs is 1. The summed E-state index contributed by atoms with van der Waals surface area (Å²) in [6.45, 7) is 12.1. The number of aryl methyl sites for hydroxylation is 1. The van der Waals surface area contributed by atoms with Gasteiger partial charge in [0, 0.05) is 36.8 Å². The molecule has 0 N–H and O–H groups in total. The van der Waals surface area contributed by atoms with E-state index in [1.165, 1.54) is 0 Å². The monoisotopic (exact) mass is 421 g/mol. The summed E-state index contributed by atoms with van der Waals surface area (Å²) in [4.78, 5) is 26.3. The Balaban J connectivity index is 0.00000132. The van der Waals surface area contributed by atoms with Gasteiger partial charge in [-0.25, -0.2) is 4.98 Å². The largest absolute Gasteiger partial charge is 0.306 e. The van der Waals surface area contributed by atoms with Crippen LogP contribution >= 0.6 is 0 Å². The highest BCUT2D eigenvalue weighted by Crippen LogP contribution is 2.28. The van der Waals surface area contributed by atoms with Crippen molar-refractivity contribution in [3.8, 4) is 0 Å². The molecule has 2 aromatic rings. The third kappa shape index (κ3) is 5.31. The van der Waals surface area contributed by atoms with Gasteiger partial charge in [-0.3, -0.25) is 9.79 Å². The fourth-order valence-electron chi connectivity index (χ4n) is 4.03. The summed E-state index contributed by atoms with van der Waals surface area (Å²) in [6, 6.07) is 3.96. The van der Waals surface area contributed by atoms with Crippen molar-refractivity contribution in [3.05, 3.63) is 53.8 Å². The molecule has 0 bridgehead atoms. The van der Waals surface area contributed by atoms with Crippen LogP contribution in [0.3, 0.4) is 0 Å². The predicted octanol–water partition coefficient (Wildman–Crippen LogP) is 4.56. The fraction of sp³-hybridized carbons (Fsp3) is 0.480. The second-order valence-electron chi connectivity index (χ2n) is 8.29. The van der Waals surface area contributed by atoms with Gasteiger partial charge in [0.15, 0.2) is 0 Å². The van der Waals surface area contributed by atoms with E-state index in [0.717, 1.165) is 54.1 Å². The molecular weight excluding hydrogens is 386 g/mol. The van der Waals surface area contributed by atoms with E-state index in [0.29, 0.717) is 5.92 Å². The Bertz CT molecular complexity index is 1010. The number of hydrogen-bond acceptors (Lipinski definition) is 4. The van der Waals surface area contributed by atoms with Crippen LogP contribution in [0.1, 0.15) is 51.8 Å². The van der Waals surface area contributed by atoms with Gasteiger partial charge >= 0.3 is 0 Å². The van der Waals surface area contributed by atoms with Gasteiger partial charge in [0.1, 0.15) is 5.65 Å². The minimum absolute atomic E-state index is 0.00603. The number of rotatable bonds is 3. The number of amides is 1. The molecule has 1 saturated heterocycles. The Kier molecular flexibility index (Phi) is 7.44. The number of imidazole rings is 1. The number of carbonyl (C=O) groups is 1. The van der Waals surface area contributed by atoms with Crippen molar-refractivity contribution < 1.29 is 4.79 Å². The number of aromatic nitrogens is 2. The van der Waals surface area contributed by atoms with Crippen LogP contribution in [0.4, 0.5) is 0 Å². The normalized spacial score (nSPS) is 20.5. The Morgan fingerprint density at radius 2 is 1.87 bits per heavy atom. The average molecular weight is 422 g/mol. The smallest absolute Gasteiger partial charge is 0.251 e. The number of hydrogen-bond donors (Lipinski definition) is 0. The molecule has 0 aliphatic carbocycles. The van der Waals surface area contributed by atoms with Gasteiger partial charge in [0.2, 0.25) is 0 Å². The minimum atomic E-state index is -0.0413. The summed E-state index contributed by atoms with van der Waals surface area (Å²) in [5.74, 6) is 0.427. The van der Waals surface area contributed by atoms with Crippen LogP contribution in [0.5, 0.6) is 0 Å². The Labute approximate surface area is 186 Å². The van der Waals surface area contributed by atoms with Gasteiger partial charge in [-0.15, -0.1) is 0 Å². The van der Waals surface area contributed by atoms with E-state index in [2.05, 4.69) is 21.9 Å². The topological polar surface area (TPSA) is 53.2 Å². The molecule has 1 amide bonds. The first-order chi connectivity index (χ1) is 14.9. The minimum Gasteiger partial charge on any atom is -0.306 e. The summed E-state index contributed by atoms with van der Waals surface area (Å²) in [6.07, 6.45) is 11.8. The maximum Gasteiger partial charge on any atom is 0.251 e. The van der Waals surface area contributed by atoms with Gasteiger partial charge in [0.05, 0.1) is 17.4 Å². The molecule has 2 aliphatic heterocycles. The quantitative estimate of drug-likeness (QED) is 0.683. The third-order valence-electron chi connectivity index (χ3n) is 5.91. The Hall–Kier alpha value is -2.73. The first kappa shape index (κ1) is 22.9. The maximum absolute atomic E-state index is 13.1. The third-order valence-corrected chi connectivity index (χ3v) is 5.91. The highest BCUT2D eigenvalue weighted by Gasteiger charge is 2.26. The lowest BCUT2D eigenvalue weighted by Gasteiger charge is -2.33. The van der Waals surface area contributed by atoms with Gasteiger partial charge in [-0.2, -0.15) is 0 Å². The SMILES string of the molecule is C/C(=C\C(=O)N1C=C(C2CCN(C)CC2)N=CC1C)c1ccc2nc(C)cn2c1.CC. The molecule has 6 nitrogen and oxygen atoms in total. The molecule has 4 heterocycles.